The Morgan fingerprint density at radius 2 is 2.00 bits per heavy atom. The molecule has 0 bridgehead atoms. The van der Waals surface area contributed by atoms with Crippen LogP contribution >= 0.6 is 23.1 Å². The highest BCUT2D eigenvalue weighted by Crippen LogP contribution is 2.36. The fourth-order valence-corrected chi connectivity index (χ4v) is 5.57. The van der Waals surface area contributed by atoms with E-state index in [1.54, 1.807) is 0 Å². The van der Waals surface area contributed by atoms with Crippen molar-refractivity contribution in [3.8, 4) is 5.75 Å². The third-order valence-corrected chi connectivity index (χ3v) is 7.23. The van der Waals surface area contributed by atoms with Crippen LogP contribution in [0.25, 0.3) is 0 Å². The zero-order valence-electron chi connectivity index (χ0n) is 18.0. The maximum absolute atomic E-state index is 13.2. The van der Waals surface area contributed by atoms with E-state index >= 15 is 0 Å². The number of nitrogens with zero attached hydrogens (tertiary/aromatic N) is 3. The first kappa shape index (κ1) is 23.2. The first-order valence-electron chi connectivity index (χ1n) is 10.7. The molecule has 1 saturated heterocycles. The number of ether oxygens (including phenoxy) is 1. The monoisotopic (exact) mass is 486 g/mol. The van der Waals surface area contributed by atoms with Gasteiger partial charge in [-0.25, -0.2) is 4.39 Å². The molecule has 4 rings (SSSR count). The predicted molar refractivity (Wildman–Crippen MR) is 127 cm³/mol. The summed E-state index contributed by atoms with van der Waals surface area (Å²) in [5.74, 6) is -0.358. The second kappa shape index (κ2) is 10.8. The highest BCUT2D eigenvalue weighted by Gasteiger charge is 2.33. The number of nitrogens with one attached hydrogen (secondary N) is 1. The molecule has 0 radical (unpaired) electrons. The molecule has 0 aliphatic carbocycles. The van der Waals surface area contributed by atoms with Crippen LogP contribution in [-0.2, 0) is 4.79 Å². The van der Waals surface area contributed by atoms with Gasteiger partial charge in [0.2, 0.25) is 11.0 Å². The number of rotatable bonds is 7. The molecule has 2 amide bonds. The van der Waals surface area contributed by atoms with E-state index in [1.165, 1.54) is 52.3 Å². The maximum Gasteiger partial charge on any atom is 0.260 e. The number of hydrogen-bond acceptors (Lipinski definition) is 8. The molecule has 0 saturated carbocycles. The average molecular weight is 487 g/mol. The van der Waals surface area contributed by atoms with E-state index in [-0.39, 0.29) is 5.91 Å². The van der Waals surface area contributed by atoms with Gasteiger partial charge in [-0.3, -0.25) is 14.5 Å². The molecule has 172 valence electrons. The number of halogens is 1. The zero-order valence-corrected chi connectivity index (χ0v) is 19.6. The lowest BCUT2D eigenvalue weighted by molar-refractivity contribution is -0.127. The van der Waals surface area contributed by atoms with E-state index in [2.05, 4.69) is 15.5 Å². The number of thioether (sulfide) groups is 1. The Bertz CT molecular complexity index is 1120. The van der Waals surface area contributed by atoms with E-state index in [0.29, 0.717) is 34.6 Å². The molecular weight excluding hydrogens is 463 g/mol. The van der Waals surface area contributed by atoms with Gasteiger partial charge in [-0.05, 0) is 56.2 Å². The molecular formula is C23H23FN4O3S2. The highest BCUT2D eigenvalue weighted by atomic mass is 32.2. The van der Waals surface area contributed by atoms with E-state index in [4.69, 9.17) is 4.74 Å². The molecule has 33 heavy (non-hydrogen) atoms. The number of carbonyl (C=O) groups excluding carboxylic acids is 2. The molecule has 1 atom stereocenters. The molecule has 10 heteroatoms. The summed E-state index contributed by atoms with van der Waals surface area (Å²) in [5.41, 5.74) is 1.08. The fraction of sp³-hybridized carbons (Fsp3) is 0.304. The van der Waals surface area contributed by atoms with Crippen molar-refractivity contribution in [3.05, 3.63) is 59.9 Å². The molecule has 1 fully saturated rings. The molecule has 0 spiro atoms. The van der Waals surface area contributed by atoms with Gasteiger partial charge in [0, 0.05) is 12.1 Å². The van der Waals surface area contributed by atoms with Gasteiger partial charge in [0.25, 0.3) is 5.91 Å². The Hall–Kier alpha value is -2.98. The molecule has 0 unspecified atom stereocenters. The number of amides is 2. The summed E-state index contributed by atoms with van der Waals surface area (Å²) < 4.78 is 19.5. The van der Waals surface area contributed by atoms with Gasteiger partial charge in [0.15, 0.2) is 4.34 Å². The minimum Gasteiger partial charge on any atom is -0.492 e. The van der Waals surface area contributed by atoms with Crippen LogP contribution in [0.2, 0.25) is 0 Å². The molecule has 1 N–H and O–H groups in total. The quantitative estimate of drug-likeness (QED) is 0.463. The van der Waals surface area contributed by atoms with Gasteiger partial charge in [0.1, 0.15) is 11.6 Å². The number of para-hydroxylation sites is 2. The summed E-state index contributed by atoms with van der Waals surface area (Å²) >= 11 is 2.66. The minimum atomic E-state index is -0.437. The number of imide groups is 1. The standard InChI is InChI=1S/C23H23FN4O3S2/c1-2-31-18-8-4-3-7-17(18)25-22-26-27-23(33-22)32-19-9-5-6-14-28(21(19)30)20(29)15-10-12-16(24)13-11-15/h3-4,7-8,10-13,19H,2,5-6,9,14H2,1H3,(H,25,26)/t19-/m1/s1. The van der Waals surface area contributed by atoms with Crippen molar-refractivity contribution in [1.29, 1.82) is 0 Å². The topological polar surface area (TPSA) is 84.4 Å². The van der Waals surface area contributed by atoms with Crippen LogP contribution in [0, 0.1) is 5.82 Å². The van der Waals surface area contributed by atoms with Gasteiger partial charge < -0.3 is 10.1 Å². The molecule has 3 aromatic rings. The summed E-state index contributed by atoms with van der Waals surface area (Å²) in [6.07, 6.45) is 2.20. The van der Waals surface area contributed by atoms with Crippen molar-refractivity contribution < 1.29 is 18.7 Å². The van der Waals surface area contributed by atoms with Gasteiger partial charge in [0.05, 0.1) is 17.5 Å². The molecule has 1 aliphatic heterocycles. The molecule has 2 aromatic carbocycles. The minimum absolute atomic E-state index is 0.252. The van der Waals surface area contributed by atoms with Gasteiger partial charge in [-0.2, -0.15) is 0 Å². The highest BCUT2D eigenvalue weighted by molar-refractivity contribution is 8.02. The van der Waals surface area contributed by atoms with Crippen LogP contribution in [0.4, 0.5) is 15.2 Å². The Morgan fingerprint density at radius 3 is 2.79 bits per heavy atom. The normalized spacial score (nSPS) is 16.4. The summed E-state index contributed by atoms with van der Waals surface area (Å²) in [6.45, 7) is 2.82. The van der Waals surface area contributed by atoms with Crippen molar-refractivity contribution in [2.24, 2.45) is 0 Å². The van der Waals surface area contributed by atoms with Crippen molar-refractivity contribution in [1.82, 2.24) is 15.1 Å². The summed E-state index contributed by atoms with van der Waals surface area (Å²) in [4.78, 5) is 27.3. The van der Waals surface area contributed by atoms with Crippen LogP contribution in [0.5, 0.6) is 5.75 Å². The Labute approximate surface area is 199 Å². The lowest BCUT2D eigenvalue weighted by Gasteiger charge is -2.22. The number of carbonyl (C=O) groups is 2. The Balaban J connectivity index is 1.45. The van der Waals surface area contributed by atoms with Gasteiger partial charge >= 0.3 is 0 Å². The van der Waals surface area contributed by atoms with Crippen LogP contribution < -0.4 is 10.1 Å². The van der Waals surface area contributed by atoms with E-state index < -0.39 is 17.0 Å². The fourth-order valence-electron chi connectivity index (χ4n) is 3.46. The van der Waals surface area contributed by atoms with Crippen LogP contribution in [0.15, 0.2) is 52.9 Å². The van der Waals surface area contributed by atoms with Crippen molar-refractivity contribution in [2.75, 3.05) is 18.5 Å². The predicted octanol–water partition coefficient (Wildman–Crippen LogP) is 5.13. The lowest BCUT2D eigenvalue weighted by Crippen LogP contribution is -2.41. The number of likely N-dealkylation sites (tertiary alicyclic amines) is 1. The molecule has 1 aliphatic rings. The number of hydrogen-bond donors (Lipinski definition) is 1. The second-order valence-corrected chi connectivity index (χ2v) is 9.76. The van der Waals surface area contributed by atoms with Gasteiger partial charge in [-0.1, -0.05) is 41.7 Å². The van der Waals surface area contributed by atoms with E-state index in [0.717, 1.165) is 24.3 Å². The van der Waals surface area contributed by atoms with E-state index in [9.17, 15) is 14.0 Å². The largest absolute Gasteiger partial charge is 0.492 e. The number of benzene rings is 2. The SMILES string of the molecule is CCOc1ccccc1Nc1nnc(S[C@@H]2CCCCN(C(=O)c3ccc(F)cc3)C2=O)s1. The Kier molecular flexibility index (Phi) is 7.56. The Morgan fingerprint density at radius 1 is 1.21 bits per heavy atom. The van der Waals surface area contributed by atoms with Crippen molar-refractivity contribution >= 4 is 45.7 Å². The van der Waals surface area contributed by atoms with E-state index in [1.807, 2.05) is 31.2 Å². The second-order valence-electron chi connectivity index (χ2n) is 7.33. The van der Waals surface area contributed by atoms with Crippen molar-refractivity contribution in [3.63, 3.8) is 0 Å². The zero-order chi connectivity index (χ0) is 23.2. The smallest absolute Gasteiger partial charge is 0.260 e. The third kappa shape index (κ3) is 5.69. The van der Waals surface area contributed by atoms with Crippen molar-refractivity contribution in [2.45, 2.75) is 35.8 Å². The number of anilines is 2. The van der Waals surface area contributed by atoms with Gasteiger partial charge in [-0.15, -0.1) is 10.2 Å². The maximum atomic E-state index is 13.2. The van der Waals surface area contributed by atoms with Crippen LogP contribution in [0.3, 0.4) is 0 Å². The summed E-state index contributed by atoms with van der Waals surface area (Å²) in [7, 11) is 0. The molecule has 2 heterocycles. The first-order chi connectivity index (χ1) is 16.0. The first-order valence-corrected chi connectivity index (χ1v) is 12.3. The lowest BCUT2D eigenvalue weighted by atomic mass is 10.2. The summed E-state index contributed by atoms with van der Waals surface area (Å²) in [5, 5.41) is 11.8. The van der Waals surface area contributed by atoms with Crippen LogP contribution in [-0.4, -0.2) is 45.3 Å². The molecule has 7 nitrogen and oxygen atoms in total. The molecule has 1 aromatic heterocycles. The third-order valence-electron chi connectivity index (χ3n) is 5.05. The average Bonchev–Trinajstić information content (AvgIpc) is 3.18. The van der Waals surface area contributed by atoms with Crippen LogP contribution in [0.1, 0.15) is 36.5 Å². The number of aromatic nitrogens is 2. The summed E-state index contributed by atoms with van der Waals surface area (Å²) in [6, 6.07) is 12.8.